The molecule has 1 aliphatic heterocycles. The fourth-order valence-corrected chi connectivity index (χ4v) is 3.64. The van der Waals surface area contributed by atoms with Gasteiger partial charge in [-0.1, -0.05) is 0 Å². The van der Waals surface area contributed by atoms with E-state index in [2.05, 4.69) is 15.4 Å². The van der Waals surface area contributed by atoms with Crippen molar-refractivity contribution in [3.05, 3.63) is 54.4 Å². The van der Waals surface area contributed by atoms with Crippen molar-refractivity contribution in [3.8, 4) is 23.0 Å². The SMILES string of the molecule is CC(C)n1ncc2c(C(=O)OCC(=O)Nc3ccc4c(c3)OCCO4)cc(-c3ccco3)nc21. The minimum atomic E-state index is -0.666. The summed E-state index contributed by atoms with van der Waals surface area (Å²) in [6, 6.07) is 10.2. The van der Waals surface area contributed by atoms with Crippen LogP contribution in [-0.4, -0.2) is 46.5 Å². The van der Waals surface area contributed by atoms with Gasteiger partial charge in [0, 0.05) is 17.8 Å². The van der Waals surface area contributed by atoms with Crippen molar-refractivity contribution in [3.63, 3.8) is 0 Å². The lowest BCUT2D eigenvalue weighted by molar-refractivity contribution is -0.119. The van der Waals surface area contributed by atoms with E-state index in [1.165, 1.54) is 6.26 Å². The van der Waals surface area contributed by atoms with E-state index in [-0.39, 0.29) is 11.6 Å². The molecule has 0 bridgehead atoms. The Morgan fingerprint density at radius 3 is 2.74 bits per heavy atom. The molecule has 0 spiro atoms. The zero-order chi connectivity index (χ0) is 23.7. The Morgan fingerprint density at radius 2 is 1.97 bits per heavy atom. The van der Waals surface area contributed by atoms with Crippen LogP contribution >= 0.6 is 0 Å². The van der Waals surface area contributed by atoms with E-state index < -0.39 is 18.5 Å². The fraction of sp³-hybridized carbons (Fsp3) is 0.250. The lowest BCUT2D eigenvalue weighted by atomic mass is 10.1. The van der Waals surface area contributed by atoms with Gasteiger partial charge in [-0.3, -0.25) is 4.79 Å². The molecule has 1 N–H and O–H groups in total. The summed E-state index contributed by atoms with van der Waals surface area (Å²) in [6.45, 7) is 4.39. The van der Waals surface area contributed by atoms with Gasteiger partial charge in [-0.05, 0) is 44.2 Å². The van der Waals surface area contributed by atoms with Gasteiger partial charge in [-0.2, -0.15) is 5.10 Å². The van der Waals surface area contributed by atoms with Gasteiger partial charge < -0.3 is 23.9 Å². The van der Waals surface area contributed by atoms with Gasteiger partial charge >= 0.3 is 5.97 Å². The normalized spacial score (nSPS) is 12.7. The standard InChI is InChI=1S/C24H22N4O6/c1-14(2)28-23-17(12-25-28)16(11-18(27-23)19-4-3-7-31-19)24(30)34-13-22(29)26-15-5-6-20-21(10-15)33-9-8-32-20/h3-7,10-12,14H,8-9,13H2,1-2H3,(H,26,29). The van der Waals surface area contributed by atoms with Gasteiger partial charge in [0.1, 0.15) is 18.9 Å². The van der Waals surface area contributed by atoms with E-state index in [4.69, 9.17) is 18.6 Å². The molecule has 0 aliphatic carbocycles. The maximum Gasteiger partial charge on any atom is 0.339 e. The van der Waals surface area contributed by atoms with Crippen molar-refractivity contribution in [2.75, 3.05) is 25.1 Å². The van der Waals surface area contributed by atoms with Gasteiger partial charge in [-0.15, -0.1) is 0 Å². The van der Waals surface area contributed by atoms with E-state index >= 15 is 0 Å². The molecule has 34 heavy (non-hydrogen) atoms. The molecule has 3 aromatic heterocycles. The number of aromatic nitrogens is 3. The first-order valence-corrected chi connectivity index (χ1v) is 10.8. The minimum absolute atomic E-state index is 0.0255. The molecule has 0 saturated carbocycles. The summed E-state index contributed by atoms with van der Waals surface area (Å²) in [5, 5.41) is 7.58. The first kappa shape index (κ1) is 21.5. The second-order valence-corrected chi connectivity index (χ2v) is 7.94. The number of carbonyl (C=O) groups excluding carboxylic acids is 2. The maximum absolute atomic E-state index is 13.0. The van der Waals surface area contributed by atoms with Crippen molar-refractivity contribution < 1.29 is 28.2 Å². The van der Waals surface area contributed by atoms with E-state index in [9.17, 15) is 9.59 Å². The monoisotopic (exact) mass is 462 g/mol. The van der Waals surface area contributed by atoms with Crippen molar-refractivity contribution in [1.82, 2.24) is 14.8 Å². The molecule has 5 rings (SSSR count). The molecule has 0 unspecified atom stereocenters. The van der Waals surface area contributed by atoms with Crippen LogP contribution in [0.4, 0.5) is 5.69 Å². The number of fused-ring (bicyclic) bond motifs is 2. The summed E-state index contributed by atoms with van der Waals surface area (Å²) in [4.78, 5) is 30.0. The van der Waals surface area contributed by atoms with Crippen LogP contribution < -0.4 is 14.8 Å². The predicted octanol–water partition coefficient (Wildman–Crippen LogP) is 3.84. The average Bonchev–Trinajstić information content (AvgIpc) is 3.52. The van der Waals surface area contributed by atoms with Crippen LogP contribution in [0.2, 0.25) is 0 Å². The molecule has 0 fully saturated rings. The van der Waals surface area contributed by atoms with E-state index in [1.807, 2.05) is 13.8 Å². The van der Waals surface area contributed by atoms with Gasteiger partial charge in [0.05, 0.1) is 23.4 Å². The summed E-state index contributed by atoms with van der Waals surface area (Å²) in [5.41, 5.74) is 1.74. The van der Waals surface area contributed by atoms with Crippen LogP contribution in [0.5, 0.6) is 11.5 Å². The van der Waals surface area contributed by atoms with Crippen LogP contribution in [0.1, 0.15) is 30.2 Å². The molecule has 4 heterocycles. The van der Waals surface area contributed by atoms with Crippen molar-refractivity contribution in [1.29, 1.82) is 0 Å². The van der Waals surface area contributed by atoms with Crippen LogP contribution in [0.25, 0.3) is 22.5 Å². The van der Waals surface area contributed by atoms with Gasteiger partial charge in [0.15, 0.2) is 29.5 Å². The Morgan fingerprint density at radius 1 is 1.15 bits per heavy atom. The molecule has 10 nitrogen and oxygen atoms in total. The Balaban J connectivity index is 1.34. The van der Waals surface area contributed by atoms with Crippen LogP contribution in [0.15, 0.2) is 53.3 Å². The second kappa shape index (κ2) is 8.89. The van der Waals surface area contributed by atoms with Gasteiger partial charge in [-0.25, -0.2) is 14.5 Å². The number of anilines is 1. The third-order valence-electron chi connectivity index (χ3n) is 5.21. The third-order valence-corrected chi connectivity index (χ3v) is 5.21. The number of hydrogen-bond donors (Lipinski definition) is 1. The lowest BCUT2D eigenvalue weighted by Crippen LogP contribution is -2.21. The molecule has 1 aromatic carbocycles. The third kappa shape index (κ3) is 4.17. The lowest BCUT2D eigenvalue weighted by Gasteiger charge is -2.19. The average molecular weight is 462 g/mol. The Labute approximate surface area is 194 Å². The summed E-state index contributed by atoms with van der Waals surface area (Å²) in [5.74, 6) is 0.517. The molecule has 1 aliphatic rings. The first-order valence-electron chi connectivity index (χ1n) is 10.8. The number of esters is 1. The Hall–Kier alpha value is -4.34. The van der Waals surface area contributed by atoms with E-state index in [0.29, 0.717) is 52.9 Å². The Bertz CT molecular complexity index is 1360. The number of hydrogen-bond acceptors (Lipinski definition) is 8. The highest BCUT2D eigenvalue weighted by Crippen LogP contribution is 2.32. The molecular weight excluding hydrogens is 440 g/mol. The summed E-state index contributed by atoms with van der Waals surface area (Å²) >= 11 is 0. The molecule has 1 amide bonds. The molecule has 0 atom stereocenters. The number of carbonyl (C=O) groups is 2. The molecular formula is C24H22N4O6. The summed E-state index contributed by atoms with van der Waals surface area (Å²) < 4.78 is 23.5. The summed E-state index contributed by atoms with van der Waals surface area (Å²) in [7, 11) is 0. The highest BCUT2D eigenvalue weighted by atomic mass is 16.6. The maximum atomic E-state index is 13.0. The Kier molecular flexibility index (Phi) is 5.62. The van der Waals surface area contributed by atoms with Crippen LogP contribution in [-0.2, 0) is 9.53 Å². The zero-order valence-electron chi connectivity index (χ0n) is 18.6. The first-order chi connectivity index (χ1) is 16.5. The summed E-state index contributed by atoms with van der Waals surface area (Å²) in [6.07, 6.45) is 3.10. The number of rotatable bonds is 6. The fourth-order valence-electron chi connectivity index (χ4n) is 3.64. The minimum Gasteiger partial charge on any atom is -0.486 e. The largest absolute Gasteiger partial charge is 0.486 e. The van der Waals surface area contributed by atoms with Crippen molar-refractivity contribution in [2.45, 2.75) is 19.9 Å². The highest BCUT2D eigenvalue weighted by Gasteiger charge is 2.21. The van der Waals surface area contributed by atoms with Gasteiger partial charge in [0.25, 0.3) is 5.91 Å². The number of nitrogens with zero attached hydrogens (tertiary/aromatic N) is 3. The zero-order valence-corrected chi connectivity index (χ0v) is 18.6. The quantitative estimate of drug-likeness (QED) is 0.430. The van der Waals surface area contributed by atoms with E-state index in [1.54, 1.807) is 47.3 Å². The van der Waals surface area contributed by atoms with E-state index in [0.717, 1.165) is 0 Å². The number of pyridine rings is 1. The van der Waals surface area contributed by atoms with Crippen molar-refractivity contribution >= 4 is 28.6 Å². The number of amides is 1. The molecule has 4 aromatic rings. The number of furan rings is 1. The predicted molar refractivity (Wildman–Crippen MR) is 122 cm³/mol. The number of nitrogens with one attached hydrogen (secondary N) is 1. The van der Waals surface area contributed by atoms with Crippen LogP contribution in [0.3, 0.4) is 0 Å². The molecule has 0 radical (unpaired) electrons. The van der Waals surface area contributed by atoms with Crippen molar-refractivity contribution in [2.24, 2.45) is 0 Å². The van der Waals surface area contributed by atoms with Crippen LogP contribution in [0, 0.1) is 0 Å². The number of benzene rings is 1. The topological polar surface area (TPSA) is 118 Å². The molecule has 174 valence electrons. The highest BCUT2D eigenvalue weighted by molar-refractivity contribution is 6.04. The second-order valence-electron chi connectivity index (χ2n) is 7.94. The molecule has 0 saturated heterocycles. The smallest absolute Gasteiger partial charge is 0.339 e. The van der Waals surface area contributed by atoms with Gasteiger partial charge in [0.2, 0.25) is 0 Å². The molecule has 10 heteroatoms. The number of ether oxygens (including phenoxy) is 3.